The van der Waals surface area contributed by atoms with E-state index >= 15 is 0 Å². The van der Waals surface area contributed by atoms with Crippen molar-refractivity contribution in [1.29, 1.82) is 0 Å². The van der Waals surface area contributed by atoms with Crippen LogP contribution in [0.5, 0.6) is 0 Å². The van der Waals surface area contributed by atoms with E-state index in [0.29, 0.717) is 24.0 Å². The second-order valence-electron chi connectivity index (χ2n) is 6.31. The van der Waals surface area contributed by atoms with Gasteiger partial charge in [0, 0.05) is 20.0 Å². The third-order valence-electron chi connectivity index (χ3n) is 4.05. The molecule has 152 valence electrons. The molecule has 2 amide bonds. The molecule has 27 heavy (non-hydrogen) atoms. The fourth-order valence-electron chi connectivity index (χ4n) is 2.40. The van der Waals surface area contributed by atoms with Gasteiger partial charge >= 0.3 is 0 Å². The number of aryl methyl sites for hydroxylation is 1. The molecule has 1 aromatic carbocycles. The van der Waals surface area contributed by atoms with Crippen LogP contribution in [0, 0.1) is 11.7 Å². The van der Waals surface area contributed by atoms with Crippen molar-refractivity contribution in [1.82, 2.24) is 20.2 Å². The van der Waals surface area contributed by atoms with Crippen LogP contribution < -0.4 is 16.4 Å². The van der Waals surface area contributed by atoms with E-state index in [1.165, 1.54) is 12.1 Å². The van der Waals surface area contributed by atoms with Gasteiger partial charge in [0.25, 0.3) is 0 Å². The summed E-state index contributed by atoms with van der Waals surface area (Å²) < 4.78 is 15.1. The number of hydrogen-bond donors (Lipinski definition) is 3. The van der Waals surface area contributed by atoms with Crippen molar-refractivity contribution >= 4 is 47.7 Å². The molecule has 0 aliphatic carbocycles. The van der Waals surface area contributed by atoms with E-state index in [4.69, 9.17) is 5.73 Å². The SMILES string of the molecule is CC(C)[C@H](N)C(=O)NCC(=O)NCCc1nc2ccc(F)cc2n1C.Cl.Cl. The fourth-order valence-corrected chi connectivity index (χ4v) is 2.40. The zero-order valence-corrected chi connectivity index (χ0v) is 17.1. The van der Waals surface area contributed by atoms with Gasteiger partial charge in [0.05, 0.1) is 23.6 Å². The summed E-state index contributed by atoms with van der Waals surface area (Å²) in [6.45, 7) is 3.93. The molecule has 0 radical (unpaired) electrons. The quantitative estimate of drug-likeness (QED) is 0.626. The first-order valence-corrected chi connectivity index (χ1v) is 8.20. The van der Waals surface area contributed by atoms with E-state index < -0.39 is 6.04 Å². The van der Waals surface area contributed by atoms with Crippen molar-refractivity contribution < 1.29 is 14.0 Å². The summed E-state index contributed by atoms with van der Waals surface area (Å²) in [6, 6.07) is 3.79. The van der Waals surface area contributed by atoms with Gasteiger partial charge < -0.3 is 20.9 Å². The second-order valence-corrected chi connectivity index (χ2v) is 6.31. The number of nitrogens with one attached hydrogen (secondary N) is 2. The summed E-state index contributed by atoms with van der Waals surface area (Å²) in [7, 11) is 1.81. The lowest BCUT2D eigenvalue weighted by molar-refractivity contribution is -0.127. The predicted octanol–water partition coefficient (Wildman–Crippen LogP) is 1.31. The second kappa shape index (κ2) is 11.1. The highest BCUT2D eigenvalue weighted by molar-refractivity contribution is 5.87. The van der Waals surface area contributed by atoms with Crippen molar-refractivity contribution in [2.75, 3.05) is 13.1 Å². The number of carbonyl (C=O) groups excluding carboxylic acids is 2. The minimum Gasteiger partial charge on any atom is -0.354 e. The molecule has 1 heterocycles. The van der Waals surface area contributed by atoms with Crippen LogP contribution in [0.1, 0.15) is 19.7 Å². The molecule has 0 bridgehead atoms. The van der Waals surface area contributed by atoms with Gasteiger partial charge in [0.2, 0.25) is 11.8 Å². The number of imidazole rings is 1. The van der Waals surface area contributed by atoms with E-state index in [1.54, 1.807) is 17.7 Å². The average Bonchev–Trinajstić information content (AvgIpc) is 2.88. The number of rotatable bonds is 7. The van der Waals surface area contributed by atoms with E-state index in [0.717, 1.165) is 5.82 Å². The van der Waals surface area contributed by atoms with Crippen LogP contribution in [0.15, 0.2) is 18.2 Å². The summed E-state index contributed by atoms with van der Waals surface area (Å²) >= 11 is 0. The maximum atomic E-state index is 13.3. The maximum absolute atomic E-state index is 13.3. The number of aromatic nitrogens is 2. The Bertz CT molecular complexity index is 782. The molecule has 1 aromatic heterocycles. The van der Waals surface area contributed by atoms with Gasteiger partial charge in [-0.3, -0.25) is 9.59 Å². The zero-order chi connectivity index (χ0) is 18.6. The van der Waals surface area contributed by atoms with Crippen molar-refractivity contribution in [3.8, 4) is 0 Å². The third-order valence-corrected chi connectivity index (χ3v) is 4.05. The first-order valence-electron chi connectivity index (χ1n) is 8.20. The Labute approximate surface area is 170 Å². The maximum Gasteiger partial charge on any atom is 0.239 e. The Morgan fingerprint density at radius 2 is 1.93 bits per heavy atom. The largest absolute Gasteiger partial charge is 0.354 e. The molecule has 0 aliphatic heterocycles. The first kappa shape index (κ1) is 25.1. The molecule has 1 atom stereocenters. The Balaban J connectivity index is 0.00000338. The summed E-state index contributed by atoms with van der Waals surface area (Å²) in [5.41, 5.74) is 7.12. The van der Waals surface area contributed by atoms with Crippen molar-refractivity contribution in [2.24, 2.45) is 18.7 Å². The van der Waals surface area contributed by atoms with Crippen LogP contribution in [-0.4, -0.2) is 40.5 Å². The Hall–Kier alpha value is -1.90. The van der Waals surface area contributed by atoms with Gasteiger partial charge in [-0.15, -0.1) is 24.8 Å². The molecule has 0 fully saturated rings. The number of halogens is 3. The molecular weight excluding hydrogens is 396 g/mol. The molecule has 4 N–H and O–H groups in total. The van der Waals surface area contributed by atoms with Crippen LogP contribution in [0.3, 0.4) is 0 Å². The lowest BCUT2D eigenvalue weighted by Gasteiger charge is -2.15. The molecule has 0 aliphatic rings. The van der Waals surface area contributed by atoms with E-state index in [1.807, 2.05) is 13.8 Å². The van der Waals surface area contributed by atoms with Crippen LogP contribution in [0.2, 0.25) is 0 Å². The van der Waals surface area contributed by atoms with Crippen molar-refractivity contribution in [2.45, 2.75) is 26.3 Å². The predicted molar refractivity (Wildman–Crippen MR) is 108 cm³/mol. The molecule has 10 heteroatoms. The smallest absolute Gasteiger partial charge is 0.239 e. The van der Waals surface area contributed by atoms with Gasteiger partial charge in [-0.25, -0.2) is 9.37 Å². The van der Waals surface area contributed by atoms with Gasteiger partial charge in [0.15, 0.2) is 0 Å². The normalized spacial score (nSPS) is 11.5. The van der Waals surface area contributed by atoms with Gasteiger partial charge in [-0.2, -0.15) is 0 Å². The fraction of sp³-hybridized carbons (Fsp3) is 0.471. The number of amides is 2. The van der Waals surface area contributed by atoms with E-state index in [9.17, 15) is 14.0 Å². The topological polar surface area (TPSA) is 102 Å². The minimum atomic E-state index is -0.631. The van der Waals surface area contributed by atoms with Crippen LogP contribution in [0.4, 0.5) is 4.39 Å². The standard InChI is InChI=1S/C17H24FN5O2.2ClH/c1-10(2)16(19)17(25)21-9-15(24)20-7-6-14-22-12-5-4-11(18)8-13(12)23(14)3;;/h4-5,8,10,16H,6-7,9,19H2,1-3H3,(H,20,24)(H,21,25);2*1H/t16-;;/m0../s1. The van der Waals surface area contributed by atoms with Crippen LogP contribution in [0.25, 0.3) is 11.0 Å². The van der Waals surface area contributed by atoms with Crippen molar-refractivity contribution in [3.05, 3.63) is 29.8 Å². The molecule has 0 unspecified atom stereocenters. The summed E-state index contributed by atoms with van der Waals surface area (Å²) in [6.07, 6.45) is 0.498. The number of hydrogen-bond acceptors (Lipinski definition) is 4. The number of fused-ring (bicyclic) bond motifs is 1. The molecule has 0 spiro atoms. The molecule has 2 aromatic rings. The average molecular weight is 422 g/mol. The highest BCUT2D eigenvalue weighted by Crippen LogP contribution is 2.16. The summed E-state index contributed by atoms with van der Waals surface area (Å²) in [5, 5.41) is 5.23. The van der Waals surface area contributed by atoms with E-state index in [2.05, 4.69) is 15.6 Å². The molecular formula is C17H26Cl2FN5O2. The highest BCUT2D eigenvalue weighted by Gasteiger charge is 2.17. The lowest BCUT2D eigenvalue weighted by atomic mass is 10.1. The zero-order valence-electron chi connectivity index (χ0n) is 15.5. The number of nitrogens with two attached hydrogens (primary N) is 1. The van der Waals surface area contributed by atoms with Gasteiger partial charge in [0.1, 0.15) is 11.6 Å². The first-order chi connectivity index (χ1) is 11.8. The van der Waals surface area contributed by atoms with Crippen LogP contribution >= 0.6 is 24.8 Å². The summed E-state index contributed by atoms with van der Waals surface area (Å²) in [4.78, 5) is 27.9. The minimum absolute atomic E-state index is 0. The molecule has 2 rings (SSSR count). The van der Waals surface area contributed by atoms with E-state index in [-0.39, 0.29) is 54.9 Å². The number of carbonyl (C=O) groups is 2. The van der Waals surface area contributed by atoms with Gasteiger partial charge in [-0.1, -0.05) is 13.8 Å². The van der Waals surface area contributed by atoms with Crippen molar-refractivity contribution in [3.63, 3.8) is 0 Å². The van der Waals surface area contributed by atoms with Crippen LogP contribution in [-0.2, 0) is 23.1 Å². The molecule has 0 saturated heterocycles. The van der Waals surface area contributed by atoms with Gasteiger partial charge in [-0.05, 0) is 24.1 Å². The number of benzene rings is 1. The monoisotopic (exact) mass is 421 g/mol. The Morgan fingerprint density at radius 1 is 1.26 bits per heavy atom. The Morgan fingerprint density at radius 3 is 2.56 bits per heavy atom. The highest BCUT2D eigenvalue weighted by atomic mass is 35.5. The molecule has 0 saturated carbocycles. The Kier molecular flexibility index (Phi) is 10.3. The molecule has 7 nitrogen and oxygen atoms in total. The third kappa shape index (κ3) is 6.64. The number of nitrogens with zero attached hydrogens (tertiary/aromatic N) is 2. The summed E-state index contributed by atoms with van der Waals surface area (Å²) in [5.74, 6) is -0.209. The lowest BCUT2D eigenvalue weighted by Crippen LogP contribution is -2.47.